The maximum Gasteiger partial charge on any atom is 2.00 e. The molecule has 0 fully saturated rings. The SMILES string of the molecule is [Pt+2].[c-]1c(Oc2[c-]c(-c3nc4ccccc4o3)ccc2)cccc1C1=N[C@@H]2c3ccccc3C[C@@H]2O1. The zero-order chi connectivity index (χ0) is 22.5. The van der Waals surface area contributed by atoms with E-state index in [1.54, 1.807) is 0 Å². The van der Waals surface area contributed by atoms with Crippen molar-refractivity contribution < 1.29 is 35.0 Å². The van der Waals surface area contributed by atoms with Crippen molar-refractivity contribution in [1.29, 1.82) is 0 Å². The summed E-state index contributed by atoms with van der Waals surface area (Å²) in [5, 5.41) is 0. The first-order valence-electron chi connectivity index (χ1n) is 11.2. The Morgan fingerprint density at radius 3 is 2.40 bits per heavy atom. The maximum absolute atomic E-state index is 6.20. The van der Waals surface area contributed by atoms with E-state index in [1.165, 1.54) is 11.1 Å². The van der Waals surface area contributed by atoms with Crippen LogP contribution in [0.3, 0.4) is 0 Å². The molecule has 1 aliphatic carbocycles. The van der Waals surface area contributed by atoms with E-state index in [0.29, 0.717) is 23.3 Å². The Labute approximate surface area is 216 Å². The van der Waals surface area contributed by atoms with Gasteiger partial charge in [0.25, 0.3) is 0 Å². The minimum Gasteiger partial charge on any atom is -0.514 e. The fourth-order valence-corrected chi connectivity index (χ4v) is 4.60. The van der Waals surface area contributed by atoms with Gasteiger partial charge in [0.2, 0.25) is 0 Å². The summed E-state index contributed by atoms with van der Waals surface area (Å²) in [5.41, 5.74) is 5.61. The van der Waals surface area contributed by atoms with Crippen molar-refractivity contribution in [3.8, 4) is 23.0 Å². The molecule has 2 atom stereocenters. The molecule has 0 spiro atoms. The molecule has 6 heteroatoms. The Morgan fingerprint density at radius 1 is 0.800 bits per heavy atom. The number of nitrogens with zero attached hydrogens (tertiary/aromatic N) is 2. The van der Waals surface area contributed by atoms with E-state index in [4.69, 9.17) is 18.9 Å². The fourth-order valence-electron chi connectivity index (χ4n) is 4.60. The van der Waals surface area contributed by atoms with Gasteiger partial charge < -0.3 is 13.9 Å². The van der Waals surface area contributed by atoms with Crippen molar-refractivity contribution in [2.75, 3.05) is 0 Å². The summed E-state index contributed by atoms with van der Waals surface area (Å²) in [6, 6.07) is 34.0. The van der Waals surface area contributed by atoms with E-state index in [0.717, 1.165) is 28.6 Å². The molecule has 2 heterocycles. The smallest absolute Gasteiger partial charge is 0.514 e. The maximum atomic E-state index is 6.20. The van der Waals surface area contributed by atoms with E-state index >= 15 is 0 Å². The van der Waals surface area contributed by atoms with Crippen LogP contribution in [0.2, 0.25) is 0 Å². The number of oxazole rings is 1. The second-order valence-electron chi connectivity index (χ2n) is 8.38. The van der Waals surface area contributed by atoms with Gasteiger partial charge in [-0.3, -0.25) is 9.98 Å². The van der Waals surface area contributed by atoms with E-state index in [9.17, 15) is 0 Å². The first kappa shape index (κ1) is 21.8. The van der Waals surface area contributed by atoms with Crippen molar-refractivity contribution in [2.24, 2.45) is 4.99 Å². The molecule has 0 saturated carbocycles. The quantitative estimate of drug-likeness (QED) is 0.216. The topological polar surface area (TPSA) is 56.9 Å². The Bertz CT molecular complexity index is 1540. The number of benzene rings is 4. The summed E-state index contributed by atoms with van der Waals surface area (Å²) in [6.45, 7) is 0. The van der Waals surface area contributed by atoms with Crippen LogP contribution in [-0.2, 0) is 32.2 Å². The van der Waals surface area contributed by atoms with Gasteiger partial charge in [-0.05, 0) is 23.3 Å². The molecule has 4 aromatic carbocycles. The number of aromatic nitrogens is 1. The van der Waals surface area contributed by atoms with Crippen LogP contribution in [0.5, 0.6) is 11.5 Å². The summed E-state index contributed by atoms with van der Waals surface area (Å²) in [4.78, 5) is 9.41. The number of aliphatic imine (C=N–C) groups is 1. The van der Waals surface area contributed by atoms with Gasteiger partial charge in [0.05, 0.1) is 5.52 Å². The number of hydrogen-bond acceptors (Lipinski definition) is 5. The molecule has 0 amide bonds. The van der Waals surface area contributed by atoms with Crippen LogP contribution in [0, 0.1) is 12.1 Å². The first-order chi connectivity index (χ1) is 16.8. The largest absolute Gasteiger partial charge is 2.00 e. The van der Waals surface area contributed by atoms with E-state index in [2.05, 4.69) is 41.4 Å². The molecule has 1 aliphatic heterocycles. The molecule has 1 aromatic heterocycles. The van der Waals surface area contributed by atoms with Gasteiger partial charge in [-0.15, -0.1) is 36.4 Å². The molecule has 0 bridgehead atoms. The van der Waals surface area contributed by atoms with Crippen LogP contribution >= 0.6 is 0 Å². The third-order valence-electron chi connectivity index (χ3n) is 6.18. The summed E-state index contributed by atoms with van der Waals surface area (Å²) in [7, 11) is 0. The van der Waals surface area contributed by atoms with E-state index < -0.39 is 0 Å². The van der Waals surface area contributed by atoms with Gasteiger partial charge in [-0.1, -0.05) is 59.7 Å². The minimum atomic E-state index is 0. The van der Waals surface area contributed by atoms with Gasteiger partial charge in [-0.2, -0.15) is 0 Å². The number of ether oxygens (including phenoxy) is 2. The summed E-state index contributed by atoms with van der Waals surface area (Å²) < 4.78 is 18.1. The zero-order valence-corrected chi connectivity index (χ0v) is 20.7. The third-order valence-corrected chi connectivity index (χ3v) is 6.18. The standard InChI is InChI=1S/C29H18N2O3.Pt/c1-2-12-23-18(7-1)17-26-27(23)31-29(34-26)20-9-6-11-22(16-20)32-21-10-5-8-19(15-21)28-30-24-13-3-4-14-25(24)33-28;/h1-14,26-27H,17H2;/q-2;+2/t26-,27+;/m0./s1. The Kier molecular flexibility index (Phi) is 5.50. The van der Waals surface area contributed by atoms with Crippen LogP contribution in [-0.4, -0.2) is 17.0 Å². The molecule has 7 rings (SSSR count). The fraction of sp³-hybridized carbons (Fsp3) is 0.103. The molecule has 2 aliphatic rings. The monoisotopic (exact) mass is 637 g/mol. The average molecular weight is 638 g/mol. The summed E-state index contributed by atoms with van der Waals surface area (Å²) in [5.74, 6) is 2.23. The second-order valence-corrected chi connectivity index (χ2v) is 8.38. The van der Waals surface area contributed by atoms with Crippen LogP contribution in [0.4, 0.5) is 0 Å². The first-order valence-corrected chi connectivity index (χ1v) is 11.2. The van der Waals surface area contributed by atoms with Crippen molar-refractivity contribution in [2.45, 2.75) is 18.6 Å². The molecule has 0 radical (unpaired) electrons. The van der Waals surface area contributed by atoms with Crippen molar-refractivity contribution in [3.05, 3.63) is 114 Å². The molecular weight excluding hydrogens is 619 g/mol. The van der Waals surface area contributed by atoms with Gasteiger partial charge >= 0.3 is 21.1 Å². The van der Waals surface area contributed by atoms with Crippen LogP contribution in [0.25, 0.3) is 22.6 Å². The molecule has 172 valence electrons. The zero-order valence-electron chi connectivity index (χ0n) is 18.4. The number of rotatable bonds is 4. The van der Waals surface area contributed by atoms with Crippen molar-refractivity contribution >= 4 is 17.0 Å². The number of fused-ring (bicyclic) bond motifs is 4. The van der Waals surface area contributed by atoms with Crippen LogP contribution in [0.1, 0.15) is 22.7 Å². The molecule has 5 nitrogen and oxygen atoms in total. The van der Waals surface area contributed by atoms with Gasteiger partial charge in [0.15, 0.2) is 0 Å². The normalized spacial score (nSPS) is 17.8. The predicted molar refractivity (Wildman–Crippen MR) is 128 cm³/mol. The Balaban J connectivity index is 0.00000229. The van der Waals surface area contributed by atoms with Gasteiger partial charge in [-0.25, -0.2) is 0 Å². The molecule has 5 aromatic rings. The third kappa shape index (κ3) is 3.96. The number of hydrogen-bond donors (Lipinski definition) is 0. The summed E-state index contributed by atoms with van der Waals surface area (Å²) >= 11 is 0. The minimum absolute atomic E-state index is 0. The second kappa shape index (κ2) is 8.83. The summed E-state index contributed by atoms with van der Waals surface area (Å²) in [6.07, 6.45) is 0.924. The molecule has 35 heavy (non-hydrogen) atoms. The van der Waals surface area contributed by atoms with E-state index in [-0.39, 0.29) is 33.2 Å². The van der Waals surface area contributed by atoms with Gasteiger partial charge in [0, 0.05) is 17.9 Å². The number of para-hydroxylation sites is 2. The van der Waals surface area contributed by atoms with Crippen LogP contribution < -0.4 is 4.74 Å². The Morgan fingerprint density at radius 2 is 1.54 bits per heavy atom. The van der Waals surface area contributed by atoms with Crippen LogP contribution in [0.15, 0.2) is 94.3 Å². The van der Waals surface area contributed by atoms with E-state index in [1.807, 2.05) is 60.7 Å². The van der Waals surface area contributed by atoms with Gasteiger partial charge in [0.1, 0.15) is 29.5 Å². The molecule has 0 saturated heterocycles. The molecule has 0 unspecified atom stereocenters. The predicted octanol–water partition coefficient (Wildman–Crippen LogP) is 6.33. The Hall–Kier alpha value is -3.69. The van der Waals surface area contributed by atoms with Crippen molar-refractivity contribution in [3.63, 3.8) is 0 Å². The molecular formula is C29H18N2O3Pt. The average Bonchev–Trinajstić information content (AvgIpc) is 3.57. The molecule has 0 N–H and O–H groups in total. The van der Waals surface area contributed by atoms with Crippen molar-refractivity contribution in [1.82, 2.24) is 4.98 Å².